The Balaban J connectivity index is 1.50. The summed E-state index contributed by atoms with van der Waals surface area (Å²) >= 11 is 0. The summed E-state index contributed by atoms with van der Waals surface area (Å²) in [5, 5.41) is 2.76. The standard InChI is InChI=1S/C18H19N3O3/c1-13-6-8-14(9-7-13)24-12-17(22)19-10-11-21-16-5-3-2-4-15(16)20-18(21)23/h2-9H,10-12H2,1H3,(H,19,22)(H,20,23). The van der Waals surface area contributed by atoms with Gasteiger partial charge in [-0.3, -0.25) is 9.36 Å². The smallest absolute Gasteiger partial charge is 0.326 e. The lowest BCUT2D eigenvalue weighted by atomic mass is 10.2. The zero-order valence-electron chi connectivity index (χ0n) is 13.4. The Kier molecular flexibility index (Phi) is 4.65. The van der Waals surface area contributed by atoms with Gasteiger partial charge in [0.05, 0.1) is 11.0 Å². The van der Waals surface area contributed by atoms with Crippen LogP contribution in [0.3, 0.4) is 0 Å². The zero-order valence-corrected chi connectivity index (χ0v) is 13.4. The van der Waals surface area contributed by atoms with Gasteiger partial charge in [-0.2, -0.15) is 0 Å². The van der Waals surface area contributed by atoms with Crippen LogP contribution in [0.4, 0.5) is 0 Å². The van der Waals surface area contributed by atoms with Crippen molar-refractivity contribution in [2.45, 2.75) is 13.5 Å². The van der Waals surface area contributed by atoms with E-state index in [4.69, 9.17) is 4.74 Å². The molecule has 0 radical (unpaired) electrons. The number of carbonyl (C=O) groups is 1. The Morgan fingerprint density at radius 1 is 1.17 bits per heavy atom. The molecule has 124 valence electrons. The Labute approximate surface area is 139 Å². The number of rotatable bonds is 6. The molecule has 0 saturated carbocycles. The van der Waals surface area contributed by atoms with Gasteiger partial charge in [0.25, 0.3) is 5.91 Å². The summed E-state index contributed by atoms with van der Waals surface area (Å²) in [5.74, 6) is 0.437. The number of carbonyl (C=O) groups excluding carboxylic acids is 1. The van der Waals surface area contributed by atoms with Gasteiger partial charge in [0.2, 0.25) is 0 Å². The quantitative estimate of drug-likeness (QED) is 0.726. The SMILES string of the molecule is Cc1ccc(OCC(=O)NCCn2c(=O)[nH]c3ccccc32)cc1. The topological polar surface area (TPSA) is 76.1 Å². The van der Waals surface area contributed by atoms with E-state index in [9.17, 15) is 9.59 Å². The van der Waals surface area contributed by atoms with Crippen molar-refractivity contribution in [3.8, 4) is 5.75 Å². The summed E-state index contributed by atoms with van der Waals surface area (Å²) < 4.78 is 7.03. The highest BCUT2D eigenvalue weighted by Gasteiger charge is 2.07. The minimum absolute atomic E-state index is 0.0498. The third-order valence-electron chi connectivity index (χ3n) is 3.73. The molecule has 0 aliphatic rings. The Bertz CT molecular complexity index is 894. The number of aromatic nitrogens is 2. The summed E-state index contributed by atoms with van der Waals surface area (Å²) in [6.45, 7) is 2.70. The molecular weight excluding hydrogens is 306 g/mol. The number of H-pyrrole nitrogens is 1. The summed E-state index contributed by atoms with van der Waals surface area (Å²) in [6.07, 6.45) is 0. The van der Waals surface area contributed by atoms with Gasteiger partial charge < -0.3 is 15.0 Å². The second kappa shape index (κ2) is 7.04. The highest BCUT2D eigenvalue weighted by molar-refractivity contribution is 5.77. The monoisotopic (exact) mass is 325 g/mol. The van der Waals surface area contributed by atoms with Crippen molar-refractivity contribution in [3.05, 3.63) is 64.6 Å². The molecule has 0 saturated heterocycles. The van der Waals surface area contributed by atoms with Crippen LogP contribution in [0.15, 0.2) is 53.3 Å². The minimum Gasteiger partial charge on any atom is -0.484 e. The van der Waals surface area contributed by atoms with Crippen LogP contribution in [0.5, 0.6) is 5.75 Å². The molecule has 0 spiro atoms. The van der Waals surface area contributed by atoms with E-state index in [-0.39, 0.29) is 18.2 Å². The van der Waals surface area contributed by atoms with Crippen LogP contribution >= 0.6 is 0 Å². The van der Waals surface area contributed by atoms with Crippen molar-refractivity contribution in [3.63, 3.8) is 0 Å². The first-order valence-corrected chi connectivity index (χ1v) is 7.77. The maximum Gasteiger partial charge on any atom is 0.326 e. The van der Waals surface area contributed by atoms with Gasteiger partial charge in [0.1, 0.15) is 5.75 Å². The molecule has 0 bridgehead atoms. The second-order valence-electron chi connectivity index (χ2n) is 5.55. The number of imidazole rings is 1. The molecule has 3 aromatic rings. The minimum atomic E-state index is -0.219. The average molecular weight is 325 g/mol. The maximum atomic E-state index is 11.9. The highest BCUT2D eigenvalue weighted by atomic mass is 16.5. The largest absolute Gasteiger partial charge is 0.484 e. The number of ether oxygens (including phenoxy) is 1. The van der Waals surface area contributed by atoms with Gasteiger partial charge in [-0.15, -0.1) is 0 Å². The number of nitrogens with one attached hydrogen (secondary N) is 2. The van der Waals surface area contributed by atoms with Gasteiger partial charge in [-0.1, -0.05) is 29.8 Å². The summed E-state index contributed by atoms with van der Waals surface area (Å²) in [6, 6.07) is 15.0. The number of hydrogen-bond donors (Lipinski definition) is 2. The Morgan fingerprint density at radius 2 is 1.92 bits per heavy atom. The van der Waals surface area contributed by atoms with E-state index >= 15 is 0 Å². The van der Waals surface area contributed by atoms with Crippen molar-refractivity contribution >= 4 is 16.9 Å². The lowest BCUT2D eigenvalue weighted by Crippen LogP contribution is -2.33. The molecule has 2 aromatic carbocycles. The van der Waals surface area contributed by atoms with E-state index in [1.54, 1.807) is 4.57 Å². The van der Waals surface area contributed by atoms with Gasteiger partial charge in [-0.05, 0) is 31.2 Å². The van der Waals surface area contributed by atoms with Crippen molar-refractivity contribution < 1.29 is 9.53 Å². The van der Waals surface area contributed by atoms with Crippen LogP contribution in [0.1, 0.15) is 5.56 Å². The number of nitrogens with zero attached hydrogens (tertiary/aromatic N) is 1. The molecule has 3 rings (SSSR count). The predicted octanol–water partition coefficient (Wildman–Crippen LogP) is 1.83. The maximum absolute atomic E-state index is 11.9. The fraction of sp³-hybridized carbons (Fsp3) is 0.222. The molecule has 0 fully saturated rings. The Morgan fingerprint density at radius 3 is 2.71 bits per heavy atom. The summed E-state index contributed by atoms with van der Waals surface area (Å²) in [4.78, 5) is 26.5. The van der Waals surface area contributed by atoms with Gasteiger partial charge in [0, 0.05) is 13.1 Å². The van der Waals surface area contributed by atoms with Crippen LogP contribution in [0.2, 0.25) is 0 Å². The molecule has 2 N–H and O–H groups in total. The third kappa shape index (κ3) is 3.65. The lowest BCUT2D eigenvalue weighted by Gasteiger charge is -2.08. The molecule has 6 heteroatoms. The number of hydrogen-bond acceptors (Lipinski definition) is 3. The van der Waals surface area contributed by atoms with E-state index in [2.05, 4.69) is 10.3 Å². The number of aromatic amines is 1. The molecule has 0 unspecified atom stereocenters. The molecule has 6 nitrogen and oxygen atoms in total. The van der Waals surface area contributed by atoms with E-state index in [0.29, 0.717) is 18.8 Å². The molecular formula is C18H19N3O3. The van der Waals surface area contributed by atoms with Crippen LogP contribution in [-0.2, 0) is 11.3 Å². The van der Waals surface area contributed by atoms with Crippen LogP contribution in [0, 0.1) is 6.92 Å². The van der Waals surface area contributed by atoms with Crippen LogP contribution in [-0.4, -0.2) is 28.6 Å². The van der Waals surface area contributed by atoms with E-state index in [1.165, 1.54) is 0 Å². The number of aryl methyl sites for hydroxylation is 1. The van der Waals surface area contributed by atoms with Gasteiger partial charge >= 0.3 is 5.69 Å². The van der Waals surface area contributed by atoms with E-state index in [1.807, 2.05) is 55.5 Å². The van der Waals surface area contributed by atoms with E-state index in [0.717, 1.165) is 16.6 Å². The number of para-hydroxylation sites is 2. The van der Waals surface area contributed by atoms with Crippen molar-refractivity contribution in [1.82, 2.24) is 14.9 Å². The molecule has 0 aliphatic carbocycles. The molecule has 24 heavy (non-hydrogen) atoms. The van der Waals surface area contributed by atoms with Crippen LogP contribution in [0.25, 0.3) is 11.0 Å². The normalized spacial score (nSPS) is 10.7. The molecule has 0 aliphatic heterocycles. The van der Waals surface area contributed by atoms with E-state index < -0.39 is 0 Å². The summed E-state index contributed by atoms with van der Waals surface area (Å²) in [5.41, 5.74) is 2.57. The number of amides is 1. The first-order valence-electron chi connectivity index (χ1n) is 7.77. The Hall–Kier alpha value is -3.02. The zero-order chi connectivity index (χ0) is 16.9. The van der Waals surface area contributed by atoms with Crippen molar-refractivity contribution in [2.24, 2.45) is 0 Å². The average Bonchev–Trinajstić information content (AvgIpc) is 2.90. The molecule has 1 heterocycles. The lowest BCUT2D eigenvalue weighted by molar-refractivity contribution is -0.123. The fourth-order valence-electron chi connectivity index (χ4n) is 2.47. The van der Waals surface area contributed by atoms with Crippen molar-refractivity contribution in [1.29, 1.82) is 0 Å². The van der Waals surface area contributed by atoms with Gasteiger partial charge in [0.15, 0.2) is 6.61 Å². The number of benzene rings is 2. The third-order valence-corrected chi connectivity index (χ3v) is 3.73. The van der Waals surface area contributed by atoms with Gasteiger partial charge in [-0.25, -0.2) is 4.79 Å². The highest BCUT2D eigenvalue weighted by Crippen LogP contribution is 2.11. The molecule has 1 amide bonds. The number of fused-ring (bicyclic) bond motifs is 1. The first kappa shape index (κ1) is 15.9. The predicted molar refractivity (Wildman–Crippen MR) is 92.2 cm³/mol. The second-order valence-corrected chi connectivity index (χ2v) is 5.55. The van der Waals surface area contributed by atoms with Crippen molar-refractivity contribution in [2.75, 3.05) is 13.2 Å². The first-order chi connectivity index (χ1) is 11.6. The molecule has 1 aromatic heterocycles. The fourth-order valence-corrected chi connectivity index (χ4v) is 2.47. The molecule has 0 atom stereocenters. The summed E-state index contributed by atoms with van der Waals surface area (Å²) in [7, 11) is 0. The van der Waals surface area contributed by atoms with Crippen LogP contribution < -0.4 is 15.7 Å².